The first-order chi connectivity index (χ1) is 29.0. The molecule has 0 bridgehead atoms. The number of carbonyl (C=O) groups is 2. The van der Waals surface area contributed by atoms with Crippen molar-refractivity contribution < 1.29 is 24.5 Å². The summed E-state index contributed by atoms with van der Waals surface area (Å²) in [6, 6.07) is -0.712. The molecular weight excluding hydrogens is 731 g/mol. The average molecular weight is 828 g/mol. The molecule has 6 nitrogen and oxygen atoms in total. The van der Waals surface area contributed by atoms with Gasteiger partial charge in [0, 0.05) is 6.42 Å². The Morgan fingerprint density at radius 2 is 0.932 bits per heavy atom. The van der Waals surface area contributed by atoms with Gasteiger partial charge in [-0.2, -0.15) is 0 Å². The standard InChI is InChI=1S/C53H97NO5/c1-4-7-10-13-16-19-22-24-26-28-31-34-37-40-43-46-53(58)59-49(44-41-38-35-32-29-21-18-15-12-9-6-3)47-52(57)54-50(48-55)51(56)45-42-39-36-33-30-27-25-23-20-17-14-11-8-5-2/h9,12,15,18-19,21-22,29,49-51,55-56H,4-8,10-11,13-14,16-17,20,23-28,30-48H2,1-3H3,(H,54,57)/b12-9+,18-15+,22-19-,29-21-. The molecule has 0 radical (unpaired) electrons. The Bertz CT molecular complexity index is 1020. The van der Waals surface area contributed by atoms with Crippen molar-refractivity contribution in [3.8, 4) is 0 Å². The van der Waals surface area contributed by atoms with Crippen molar-refractivity contribution >= 4 is 11.9 Å². The maximum atomic E-state index is 13.2. The molecule has 0 aromatic heterocycles. The number of amides is 1. The number of ether oxygens (including phenoxy) is 1. The van der Waals surface area contributed by atoms with Gasteiger partial charge < -0.3 is 20.3 Å². The number of carbonyl (C=O) groups excluding carboxylic acids is 2. The van der Waals surface area contributed by atoms with Crippen molar-refractivity contribution in [3.63, 3.8) is 0 Å². The Hall–Kier alpha value is -2.18. The molecule has 0 saturated heterocycles. The molecule has 0 fully saturated rings. The maximum Gasteiger partial charge on any atom is 0.306 e. The van der Waals surface area contributed by atoms with Gasteiger partial charge in [-0.05, 0) is 70.6 Å². The van der Waals surface area contributed by atoms with Gasteiger partial charge in [0.2, 0.25) is 5.91 Å². The highest BCUT2D eigenvalue weighted by Gasteiger charge is 2.24. The van der Waals surface area contributed by atoms with Crippen LogP contribution in [0.2, 0.25) is 0 Å². The number of aliphatic hydroxyl groups excluding tert-OH is 2. The van der Waals surface area contributed by atoms with Gasteiger partial charge in [-0.3, -0.25) is 9.59 Å². The second-order valence-corrected chi connectivity index (χ2v) is 17.2. The normalized spacial score (nSPS) is 13.6. The fourth-order valence-electron chi connectivity index (χ4n) is 7.60. The second kappa shape index (κ2) is 46.9. The third kappa shape index (κ3) is 42.3. The van der Waals surface area contributed by atoms with Crippen LogP contribution in [0.4, 0.5) is 0 Å². The van der Waals surface area contributed by atoms with Crippen LogP contribution in [0, 0.1) is 0 Å². The number of rotatable bonds is 45. The summed E-state index contributed by atoms with van der Waals surface area (Å²) < 4.78 is 5.90. The largest absolute Gasteiger partial charge is 0.462 e. The van der Waals surface area contributed by atoms with Crippen LogP contribution in [0.5, 0.6) is 0 Å². The Labute approximate surface area is 366 Å². The molecule has 1 amide bonds. The predicted molar refractivity (Wildman–Crippen MR) is 255 cm³/mol. The lowest BCUT2D eigenvalue weighted by Gasteiger charge is -2.24. The fraction of sp³-hybridized carbons (Fsp3) is 0.811. The summed E-state index contributed by atoms with van der Waals surface area (Å²) in [5, 5.41) is 23.7. The molecule has 3 atom stereocenters. The van der Waals surface area contributed by atoms with Gasteiger partial charge >= 0.3 is 5.97 Å². The highest BCUT2D eigenvalue weighted by atomic mass is 16.5. The number of esters is 1. The molecule has 0 aromatic carbocycles. The number of hydrogen-bond acceptors (Lipinski definition) is 5. The van der Waals surface area contributed by atoms with Gasteiger partial charge in [0.1, 0.15) is 6.10 Å². The zero-order valence-corrected chi connectivity index (χ0v) is 39.1. The van der Waals surface area contributed by atoms with E-state index < -0.39 is 18.2 Å². The molecule has 0 aliphatic rings. The van der Waals surface area contributed by atoms with Crippen LogP contribution in [0.15, 0.2) is 48.6 Å². The van der Waals surface area contributed by atoms with Crippen molar-refractivity contribution in [1.82, 2.24) is 5.32 Å². The van der Waals surface area contributed by atoms with Crippen molar-refractivity contribution in [2.75, 3.05) is 6.61 Å². The first kappa shape index (κ1) is 56.8. The fourth-order valence-corrected chi connectivity index (χ4v) is 7.60. The van der Waals surface area contributed by atoms with E-state index in [1.165, 1.54) is 135 Å². The summed E-state index contributed by atoms with van der Waals surface area (Å²) in [5.41, 5.74) is 0. The molecule has 0 aliphatic heterocycles. The molecule has 59 heavy (non-hydrogen) atoms. The van der Waals surface area contributed by atoms with Crippen LogP contribution in [-0.4, -0.2) is 46.9 Å². The molecule has 0 aliphatic carbocycles. The highest BCUT2D eigenvalue weighted by Crippen LogP contribution is 2.17. The molecule has 0 rings (SSSR count). The minimum atomic E-state index is -0.796. The SMILES string of the molecule is CC/C=C/C=C/C=C\CCCCCC(CC(=O)NC(CO)C(O)CCCCCCCCCCCCCCCC)OC(=O)CCCCCCCCC/C=C\CCCCCC. The molecular formula is C53H97NO5. The molecule has 344 valence electrons. The van der Waals surface area contributed by atoms with Gasteiger partial charge in [-0.25, -0.2) is 0 Å². The van der Waals surface area contributed by atoms with E-state index >= 15 is 0 Å². The number of allylic oxidation sites excluding steroid dienone is 8. The van der Waals surface area contributed by atoms with E-state index in [9.17, 15) is 19.8 Å². The molecule has 0 heterocycles. The van der Waals surface area contributed by atoms with Gasteiger partial charge in [0.05, 0.1) is 25.2 Å². The topological polar surface area (TPSA) is 95.9 Å². The summed E-state index contributed by atoms with van der Waals surface area (Å²) >= 11 is 0. The molecule has 3 N–H and O–H groups in total. The van der Waals surface area contributed by atoms with Gasteiger partial charge in [-0.1, -0.05) is 217 Å². The first-order valence-corrected chi connectivity index (χ1v) is 25.4. The Kier molecular flexibility index (Phi) is 45.1. The van der Waals surface area contributed by atoms with Crippen LogP contribution in [0.1, 0.15) is 252 Å². The summed E-state index contributed by atoms with van der Waals surface area (Å²) in [7, 11) is 0. The Balaban J connectivity index is 4.55. The molecule has 3 unspecified atom stereocenters. The van der Waals surface area contributed by atoms with E-state index in [2.05, 4.69) is 62.5 Å². The predicted octanol–water partition coefficient (Wildman–Crippen LogP) is 15.1. The van der Waals surface area contributed by atoms with E-state index in [1.54, 1.807) is 0 Å². The van der Waals surface area contributed by atoms with Crippen molar-refractivity contribution in [3.05, 3.63) is 48.6 Å². The minimum absolute atomic E-state index is 0.0534. The maximum absolute atomic E-state index is 13.2. The lowest BCUT2D eigenvalue weighted by Crippen LogP contribution is -2.46. The summed E-state index contributed by atoms with van der Waals surface area (Å²) in [5.74, 6) is -0.510. The first-order valence-electron chi connectivity index (χ1n) is 25.4. The van der Waals surface area contributed by atoms with Gasteiger partial charge in [0.15, 0.2) is 0 Å². The average Bonchev–Trinajstić information content (AvgIpc) is 3.23. The summed E-state index contributed by atoms with van der Waals surface area (Å²) in [6.07, 6.45) is 56.0. The van der Waals surface area contributed by atoms with Crippen LogP contribution >= 0.6 is 0 Å². The zero-order chi connectivity index (χ0) is 43.1. The molecule has 0 aromatic rings. The quantitative estimate of drug-likeness (QED) is 0.0246. The lowest BCUT2D eigenvalue weighted by molar-refractivity contribution is -0.151. The zero-order valence-electron chi connectivity index (χ0n) is 39.1. The van der Waals surface area contributed by atoms with Crippen LogP contribution in [0.3, 0.4) is 0 Å². The monoisotopic (exact) mass is 828 g/mol. The molecule has 0 saturated carbocycles. The summed E-state index contributed by atoms with van der Waals surface area (Å²) in [4.78, 5) is 26.1. The number of unbranched alkanes of at least 4 members (excludes halogenated alkanes) is 27. The Morgan fingerprint density at radius 1 is 0.508 bits per heavy atom. The lowest BCUT2D eigenvalue weighted by atomic mass is 10.0. The number of hydrogen-bond donors (Lipinski definition) is 3. The molecule has 0 spiro atoms. The second-order valence-electron chi connectivity index (χ2n) is 17.2. The van der Waals surface area contributed by atoms with Crippen molar-refractivity contribution in [2.24, 2.45) is 0 Å². The van der Waals surface area contributed by atoms with Crippen LogP contribution < -0.4 is 5.32 Å². The van der Waals surface area contributed by atoms with Crippen LogP contribution in [0.25, 0.3) is 0 Å². The third-order valence-electron chi connectivity index (χ3n) is 11.5. The van der Waals surface area contributed by atoms with Crippen molar-refractivity contribution in [1.29, 1.82) is 0 Å². The summed E-state index contributed by atoms with van der Waals surface area (Å²) in [6.45, 7) is 6.33. The van der Waals surface area contributed by atoms with Crippen LogP contribution in [-0.2, 0) is 14.3 Å². The van der Waals surface area contributed by atoms with E-state index in [0.29, 0.717) is 19.3 Å². The smallest absolute Gasteiger partial charge is 0.306 e. The minimum Gasteiger partial charge on any atom is -0.462 e. The number of nitrogens with one attached hydrogen (secondary N) is 1. The van der Waals surface area contributed by atoms with E-state index in [4.69, 9.17) is 4.74 Å². The van der Waals surface area contributed by atoms with Gasteiger partial charge in [0.25, 0.3) is 0 Å². The number of aliphatic hydroxyl groups is 2. The Morgan fingerprint density at radius 3 is 1.46 bits per heavy atom. The third-order valence-corrected chi connectivity index (χ3v) is 11.5. The van der Waals surface area contributed by atoms with Crippen molar-refractivity contribution in [2.45, 2.75) is 270 Å². The highest BCUT2D eigenvalue weighted by molar-refractivity contribution is 5.77. The van der Waals surface area contributed by atoms with E-state index in [0.717, 1.165) is 70.6 Å². The van der Waals surface area contributed by atoms with E-state index in [1.807, 2.05) is 12.2 Å². The van der Waals surface area contributed by atoms with Gasteiger partial charge in [-0.15, -0.1) is 0 Å². The molecule has 6 heteroatoms. The van der Waals surface area contributed by atoms with E-state index in [-0.39, 0.29) is 24.9 Å².